The molecule has 1 aliphatic carbocycles. The minimum absolute atomic E-state index is 0.561. The van der Waals surface area contributed by atoms with E-state index in [0.29, 0.717) is 18.8 Å². The number of aliphatic hydroxyl groups is 1. The molecule has 0 saturated heterocycles. The number of rotatable bonds is 4. The quantitative estimate of drug-likeness (QED) is 0.883. The topological polar surface area (TPSA) is 57.5 Å². The van der Waals surface area contributed by atoms with E-state index in [2.05, 4.69) is 6.92 Å². The van der Waals surface area contributed by atoms with Gasteiger partial charge in [-0.3, -0.25) is 4.79 Å². The van der Waals surface area contributed by atoms with Crippen LogP contribution in [0.4, 0.5) is 0 Å². The Kier molecular flexibility index (Phi) is 4.40. The molecule has 3 rings (SSSR count). The lowest BCUT2D eigenvalue weighted by Gasteiger charge is -2.40. The fraction of sp³-hybridized carbons (Fsp3) is 0.450. The first-order chi connectivity index (χ1) is 11.0. The van der Waals surface area contributed by atoms with Gasteiger partial charge in [-0.25, -0.2) is 0 Å². The van der Waals surface area contributed by atoms with Crippen LogP contribution in [0.1, 0.15) is 50.5 Å². The van der Waals surface area contributed by atoms with Crippen LogP contribution in [0.5, 0.6) is 0 Å². The van der Waals surface area contributed by atoms with Gasteiger partial charge in [0.25, 0.3) is 0 Å². The fourth-order valence-electron chi connectivity index (χ4n) is 4.03. The summed E-state index contributed by atoms with van der Waals surface area (Å²) in [6, 6.07) is 13.5. The van der Waals surface area contributed by atoms with E-state index in [1.165, 1.54) is 0 Å². The summed E-state index contributed by atoms with van der Waals surface area (Å²) in [5.41, 5.74) is -0.421. The van der Waals surface area contributed by atoms with Gasteiger partial charge in [0.1, 0.15) is 5.92 Å². The average molecular weight is 312 g/mol. The molecule has 0 amide bonds. The maximum atomic E-state index is 12.0. The molecule has 2 aromatic rings. The van der Waals surface area contributed by atoms with Crippen LogP contribution in [0.3, 0.4) is 0 Å². The number of benzene rings is 2. The zero-order chi connectivity index (χ0) is 16.4. The number of carboxylic acid groups (broad SMARTS) is 1. The van der Waals surface area contributed by atoms with Crippen LogP contribution in [0.2, 0.25) is 0 Å². The first kappa shape index (κ1) is 16.0. The second-order valence-electron chi connectivity index (χ2n) is 6.79. The molecule has 1 saturated carbocycles. The normalized spacial score (nSPS) is 26.1. The van der Waals surface area contributed by atoms with Gasteiger partial charge in [0.15, 0.2) is 0 Å². The zero-order valence-corrected chi connectivity index (χ0v) is 13.5. The number of carboxylic acids is 1. The van der Waals surface area contributed by atoms with Gasteiger partial charge in [-0.1, -0.05) is 55.8 Å². The van der Waals surface area contributed by atoms with Crippen molar-refractivity contribution < 1.29 is 15.0 Å². The average Bonchev–Trinajstić information content (AvgIpc) is 2.55. The van der Waals surface area contributed by atoms with Crippen molar-refractivity contribution in [2.75, 3.05) is 0 Å². The van der Waals surface area contributed by atoms with E-state index in [9.17, 15) is 15.0 Å². The minimum atomic E-state index is -1.15. The Morgan fingerprint density at radius 3 is 2.48 bits per heavy atom. The van der Waals surface area contributed by atoms with E-state index in [-0.39, 0.29) is 0 Å². The summed E-state index contributed by atoms with van der Waals surface area (Å²) in [5.74, 6) is -1.19. The molecular weight excluding hydrogens is 288 g/mol. The van der Waals surface area contributed by atoms with Crippen molar-refractivity contribution in [3.8, 4) is 0 Å². The molecule has 1 aliphatic rings. The van der Waals surface area contributed by atoms with Crippen LogP contribution in [0.15, 0.2) is 42.5 Å². The van der Waals surface area contributed by atoms with Crippen molar-refractivity contribution in [2.45, 2.75) is 50.5 Å². The molecule has 3 nitrogen and oxygen atoms in total. The molecule has 0 aromatic heterocycles. The summed E-state index contributed by atoms with van der Waals surface area (Å²) in [6.07, 6.45) is 4.03. The van der Waals surface area contributed by atoms with Gasteiger partial charge in [-0.05, 0) is 47.9 Å². The van der Waals surface area contributed by atoms with Crippen molar-refractivity contribution in [3.63, 3.8) is 0 Å². The Hall–Kier alpha value is -1.87. The van der Waals surface area contributed by atoms with Crippen LogP contribution < -0.4 is 0 Å². The lowest BCUT2D eigenvalue weighted by atomic mass is 9.69. The van der Waals surface area contributed by atoms with Crippen LogP contribution in [0, 0.1) is 5.92 Å². The van der Waals surface area contributed by atoms with Gasteiger partial charge >= 0.3 is 5.97 Å². The fourth-order valence-corrected chi connectivity index (χ4v) is 4.03. The van der Waals surface area contributed by atoms with Crippen molar-refractivity contribution in [1.82, 2.24) is 0 Å². The van der Waals surface area contributed by atoms with Gasteiger partial charge in [-0.15, -0.1) is 0 Å². The van der Waals surface area contributed by atoms with E-state index in [1.807, 2.05) is 42.5 Å². The zero-order valence-electron chi connectivity index (χ0n) is 13.5. The predicted molar refractivity (Wildman–Crippen MR) is 91.5 cm³/mol. The standard InChI is InChI=1S/C20H24O3/c1-2-14-10-12-20(23,13-11-14)18(19(21)22)17-9-5-7-15-6-3-4-8-16(15)17/h3-9,14,18,23H,2,10-13H2,1H3,(H,21,22). The number of fused-ring (bicyclic) bond motifs is 1. The first-order valence-electron chi connectivity index (χ1n) is 8.48. The van der Waals surface area contributed by atoms with Crippen molar-refractivity contribution >= 4 is 16.7 Å². The third-order valence-corrected chi connectivity index (χ3v) is 5.47. The molecule has 0 spiro atoms. The molecule has 122 valence electrons. The van der Waals surface area contributed by atoms with E-state index in [1.54, 1.807) is 0 Å². The molecule has 23 heavy (non-hydrogen) atoms. The van der Waals surface area contributed by atoms with E-state index < -0.39 is 17.5 Å². The molecule has 2 N–H and O–H groups in total. The third-order valence-electron chi connectivity index (χ3n) is 5.47. The number of aliphatic carboxylic acids is 1. The van der Waals surface area contributed by atoms with E-state index in [4.69, 9.17) is 0 Å². The van der Waals surface area contributed by atoms with Gasteiger partial charge in [0, 0.05) is 0 Å². The molecule has 3 heteroatoms. The molecule has 0 heterocycles. The second-order valence-corrected chi connectivity index (χ2v) is 6.79. The Labute approximate surface area is 137 Å². The first-order valence-corrected chi connectivity index (χ1v) is 8.48. The monoisotopic (exact) mass is 312 g/mol. The SMILES string of the molecule is CCC1CCC(O)(C(C(=O)O)c2cccc3ccccc23)CC1. The van der Waals surface area contributed by atoms with Crippen LogP contribution in [-0.4, -0.2) is 21.8 Å². The van der Waals surface area contributed by atoms with E-state index in [0.717, 1.165) is 35.6 Å². The van der Waals surface area contributed by atoms with Gasteiger partial charge < -0.3 is 10.2 Å². The van der Waals surface area contributed by atoms with Crippen molar-refractivity contribution in [1.29, 1.82) is 0 Å². The van der Waals surface area contributed by atoms with E-state index >= 15 is 0 Å². The molecule has 0 radical (unpaired) electrons. The molecule has 1 atom stereocenters. The highest BCUT2D eigenvalue weighted by molar-refractivity contribution is 5.91. The molecule has 1 fully saturated rings. The highest BCUT2D eigenvalue weighted by atomic mass is 16.4. The minimum Gasteiger partial charge on any atom is -0.481 e. The van der Waals surface area contributed by atoms with Gasteiger partial charge in [0.05, 0.1) is 5.60 Å². The van der Waals surface area contributed by atoms with Crippen LogP contribution in [0.25, 0.3) is 10.8 Å². The smallest absolute Gasteiger partial charge is 0.313 e. The maximum absolute atomic E-state index is 12.0. The highest BCUT2D eigenvalue weighted by Gasteiger charge is 2.45. The Morgan fingerprint density at radius 2 is 1.83 bits per heavy atom. The number of hydrogen-bond donors (Lipinski definition) is 2. The Morgan fingerprint density at radius 1 is 1.17 bits per heavy atom. The molecular formula is C20H24O3. The molecule has 1 unspecified atom stereocenters. The van der Waals surface area contributed by atoms with Crippen molar-refractivity contribution in [2.24, 2.45) is 5.92 Å². The number of hydrogen-bond acceptors (Lipinski definition) is 2. The molecule has 0 aliphatic heterocycles. The van der Waals surface area contributed by atoms with Gasteiger partial charge in [-0.2, -0.15) is 0 Å². The summed E-state index contributed by atoms with van der Waals surface area (Å²) >= 11 is 0. The third kappa shape index (κ3) is 2.98. The summed E-state index contributed by atoms with van der Waals surface area (Å²) < 4.78 is 0. The second kappa shape index (κ2) is 6.32. The largest absolute Gasteiger partial charge is 0.481 e. The van der Waals surface area contributed by atoms with Gasteiger partial charge in [0.2, 0.25) is 0 Å². The Balaban J connectivity index is 2.03. The lowest BCUT2D eigenvalue weighted by molar-refractivity contribution is -0.148. The van der Waals surface area contributed by atoms with Crippen LogP contribution in [-0.2, 0) is 4.79 Å². The summed E-state index contributed by atoms with van der Waals surface area (Å²) in [7, 11) is 0. The highest BCUT2D eigenvalue weighted by Crippen LogP contribution is 2.44. The molecule has 2 aromatic carbocycles. The van der Waals surface area contributed by atoms with Crippen LogP contribution >= 0.6 is 0 Å². The maximum Gasteiger partial charge on any atom is 0.313 e. The summed E-state index contributed by atoms with van der Waals surface area (Å²) in [6.45, 7) is 2.16. The number of carbonyl (C=O) groups is 1. The lowest BCUT2D eigenvalue weighted by Crippen LogP contribution is -2.43. The summed E-state index contributed by atoms with van der Waals surface area (Å²) in [5, 5.41) is 23.0. The molecule has 0 bridgehead atoms. The predicted octanol–water partition coefficient (Wildman–Crippen LogP) is 4.34. The Bertz CT molecular complexity index is 694. The summed E-state index contributed by atoms with van der Waals surface area (Å²) in [4.78, 5) is 12.0. The van der Waals surface area contributed by atoms with Crippen molar-refractivity contribution in [3.05, 3.63) is 48.0 Å².